The van der Waals surface area contributed by atoms with E-state index in [0.29, 0.717) is 0 Å². The average Bonchev–Trinajstić information content (AvgIpc) is 3.11. The second-order valence-corrected chi connectivity index (χ2v) is 5.03. The standard InChI is InChI=1S/C12H19N3O3/c1-8(6-7-13)15(3)11(18)14-12(2,10(16)17)9-4-5-9/h8-9H,4-6H2,1-3H3,(H,14,18)(H,16,17). The Morgan fingerprint density at radius 3 is 2.56 bits per heavy atom. The van der Waals surface area contributed by atoms with Gasteiger partial charge in [-0.3, -0.25) is 0 Å². The van der Waals surface area contributed by atoms with E-state index in [4.69, 9.17) is 5.26 Å². The molecule has 6 nitrogen and oxygen atoms in total. The second kappa shape index (κ2) is 5.25. The fourth-order valence-electron chi connectivity index (χ4n) is 1.77. The molecule has 0 radical (unpaired) electrons. The zero-order valence-corrected chi connectivity index (χ0v) is 10.9. The molecule has 0 aromatic heterocycles. The summed E-state index contributed by atoms with van der Waals surface area (Å²) in [6.07, 6.45) is 1.86. The van der Waals surface area contributed by atoms with Gasteiger partial charge in [0.25, 0.3) is 0 Å². The zero-order chi connectivity index (χ0) is 13.9. The molecular formula is C12H19N3O3. The molecule has 1 saturated carbocycles. The Kier molecular flexibility index (Phi) is 4.17. The highest BCUT2D eigenvalue weighted by molar-refractivity contribution is 5.86. The molecule has 2 N–H and O–H groups in total. The molecular weight excluding hydrogens is 234 g/mol. The molecule has 0 bridgehead atoms. The van der Waals surface area contributed by atoms with Crippen molar-refractivity contribution >= 4 is 12.0 Å². The van der Waals surface area contributed by atoms with Gasteiger partial charge in [0.05, 0.1) is 12.5 Å². The lowest BCUT2D eigenvalue weighted by molar-refractivity contribution is -0.144. The van der Waals surface area contributed by atoms with Crippen molar-refractivity contribution in [2.24, 2.45) is 5.92 Å². The van der Waals surface area contributed by atoms with Crippen LogP contribution in [0.5, 0.6) is 0 Å². The van der Waals surface area contributed by atoms with Crippen LogP contribution < -0.4 is 5.32 Å². The third-order valence-corrected chi connectivity index (χ3v) is 3.57. The minimum absolute atomic E-state index is 0.00128. The third kappa shape index (κ3) is 2.92. The van der Waals surface area contributed by atoms with Crippen LogP contribution in [0.4, 0.5) is 4.79 Å². The Bertz CT molecular complexity index is 387. The fraction of sp³-hybridized carbons (Fsp3) is 0.750. The zero-order valence-electron chi connectivity index (χ0n) is 10.9. The molecule has 2 unspecified atom stereocenters. The Hall–Kier alpha value is -1.77. The van der Waals surface area contributed by atoms with Gasteiger partial charge in [0.15, 0.2) is 0 Å². The minimum Gasteiger partial charge on any atom is -0.480 e. The summed E-state index contributed by atoms with van der Waals surface area (Å²) in [5.74, 6) is -1.02. The van der Waals surface area contributed by atoms with E-state index < -0.39 is 17.5 Å². The highest BCUT2D eigenvalue weighted by atomic mass is 16.4. The number of nitrogens with one attached hydrogen (secondary N) is 1. The van der Waals surface area contributed by atoms with E-state index in [1.54, 1.807) is 14.0 Å². The predicted octanol–water partition coefficient (Wildman–Crippen LogP) is 1.18. The Morgan fingerprint density at radius 1 is 1.61 bits per heavy atom. The number of hydrogen-bond donors (Lipinski definition) is 2. The van der Waals surface area contributed by atoms with Gasteiger partial charge >= 0.3 is 12.0 Å². The second-order valence-electron chi connectivity index (χ2n) is 5.03. The number of amides is 2. The summed E-state index contributed by atoms with van der Waals surface area (Å²) in [4.78, 5) is 24.6. The molecule has 0 saturated heterocycles. The van der Waals surface area contributed by atoms with E-state index in [1.165, 1.54) is 11.8 Å². The number of aliphatic carboxylic acids is 1. The van der Waals surface area contributed by atoms with Gasteiger partial charge in [-0.25, -0.2) is 9.59 Å². The normalized spacial score (nSPS) is 19.2. The lowest BCUT2D eigenvalue weighted by Crippen LogP contribution is -2.58. The molecule has 1 aliphatic rings. The summed E-state index contributed by atoms with van der Waals surface area (Å²) >= 11 is 0. The number of nitriles is 1. The molecule has 2 amide bonds. The number of urea groups is 1. The van der Waals surface area contributed by atoms with Crippen LogP contribution in [-0.4, -0.2) is 40.6 Å². The third-order valence-electron chi connectivity index (χ3n) is 3.57. The lowest BCUT2D eigenvalue weighted by atomic mass is 9.96. The van der Waals surface area contributed by atoms with E-state index in [0.717, 1.165) is 12.8 Å². The van der Waals surface area contributed by atoms with Crippen molar-refractivity contribution in [2.75, 3.05) is 7.05 Å². The minimum atomic E-state index is -1.21. The maximum Gasteiger partial charge on any atom is 0.329 e. The summed E-state index contributed by atoms with van der Waals surface area (Å²) in [5, 5.41) is 20.4. The summed E-state index contributed by atoms with van der Waals surface area (Å²) < 4.78 is 0. The van der Waals surface area contributed by atoms with Crippen molar-refractivity contribution in [1.82, 2.24) is 10.2 Å². The van der Waals surface area contributed by atoms with Gasteiger partial charge < -0.3 is 15.3 Å². The quantitative estimate of drug-likeness (QED) is 0.769. The van der Waals surface area contributed by atoms with Crippen molar-refractivity contribution in [3.05, 3.63) is 0 Å². The average molecular weight is 253 g/mol. The first-order valence-electron chi connectivity index (χ1n) is 5.98. The molecule has 1 fully saturated rings. The number of rotatable bonds is 5. The smallest absolute Gasteiger partial charge is 0.329 e. The van der Waals surface area contributed by atoms with Crippen molar-refractivity contribution < 1.29 is 14.7 Å². The molecule has 18 heavy (non-hydrogen) atoms. The number of hydrogen-bond acceptors (Lipinski definition) is 3. The maximum atomic E-state index is 12.0. The first-order valence-corrected chi connectivity index (χ1v) is 5.98. The summed E-state index contributed by atoms with van der Waals surface area (Å²) in [5.41, 5.74) is -1.21. The van der Waals surface area contributed by atoms with Crippen molar-refractivity contribution in [3.8, 4) is 6.07 Å². The molecule has 0 heterocycles. The molecule has 0 aromatic carbocycles. The van der Waals surface area contributed by atoms with Crippen LogP contribution in [0.25, 0.3) is 0 Å². The van der Waals surface area contributed by atoms with Gasteiger partial charge in [-0.15, -0.1) is 0 Å². The highest BCUT2D eigenvalue weighted by Crippen LogP contribution is 2.39. The van der Waals surface area contributed by atoms with Crippen molar-refractivity contribution in [1.29, 1.82) is 5.26 Å². The van der Waals surface area contributed by atoms with E-state index in [2.05, 4.69) is 5.32 Å². The largest absolute Gasteiger partial charge is 0.480 e. The van der Waals surface area contributed by atoms with Crippen LogP contribution >= 0.6 is 0 Å². The Labute approximate surface area is 107 Å². The van der Waals surface area contributed by atoms with E-state index in [1.807, 2.05) is 6.07 Å². The number of carbonyl (C=O) groups is 2. The van der Waals surface area contributed by atoms with Crippen LogP contribution in [0, 0.1) is 17.2 Å². The number of nitrogens with zero attached hydrogens (tertiary/aromatic N) is 2. The van der Waals surface area contributed by atoms with Crippen molar-refractivity contribution in [3.63, 3.8) is 0 Å². The molecule has 2 atom stereocenters. The van der Waals surface area contributed by atoms with Crippen LogP contribution in [0.15, 0.2) is 0 Å². The molecule has 100 valence electrons. The Morgan fingerprint density at radius 2 is 2.17 bits per heavy atom. The summed E-state index contributed by atoms with van der Waals surface area (Å²) in [6, 6.07) is 1.29. The van der Waals surface area contributed by atoms with Gasteiger partial charge in [0.2, 0.25) is 0 Å². The van der Waals surface area contributed by atoms with Gasteiger partial charge in [-0.2, -0.15) is 5.26 Å². The van der Waals surface area contributed by atoms with Crippen LogP contribution in [-0.2, 0) is 4.79 Å². The molecule has 0 aliphatic heterocycles. The number of carbonyl (C=O) groups excluding carboxylic acids is 1. The van der Waals surface area contributed by atoms with Crippen LogP contribution in [0.1, 0.15) is 33.1 Å². The SMILES string of the molecule is CC(CC#N)N(C)C(=O)NC(C)(C(=O)O)C1CC1. The van der Waals surface area contributed by atoms with E-state index >= 15 is 0 Å². The van der Waals surface area contributed by atoms with Gasteiger partial charge in [0.1, 0.15) is 5.54 Å². The molecule has 0 aromatic rings. The first-order chi connectivity index (χ1) is 8.32. The number of carboxylic acid groups (broad SMARTS) is 1. The topological polar surface area (TPSA) is 93.4 Å². The molecule has 1 aliphatic carbocycles. The van der Waals surface area contributed by atoms with Crippen LogP contribution in [0.2, 0.25) is 0 Å². The van der Waals surface area contributed by atoms with Crippen molar-refractivity contribution in [2.45, 2.75) is 44.7 Å². The molecule has 0 spiro atoms. The maximum absolute atomic E-state index is 12.0. The van der Waals surface area contributed by atoms with Gasteiger partial charge in [-0.1, -0.05) is 0 Å². The summed E-state index contributed by atoms with van der Waals surface area (Å²) in [7, 11) is 1.56. The lowest BCUT2D eigenvalue weighted by Gasteiger charge is -2.31. The number of carboxylic acids is 1. The monoisotopic (exact) mass is 253 g/mol. The van der Waals surface area contributed by atoms with E-state index in [-0.39, 0.29) is 18.4 Å². The Balaban J connectivity index is 2.68. The first kappa shape index (κ1) is 14.3. The van der Waals surface area contributed by atoms with Crippen LogP contribution in [0.3, 0.4) is 0 Å². The van der Waals surface area contributed by atoms with Gasteiger partial charge in [-0.05, 0) is 32.6 Å². The molecule has 6 heteroatoms. The predicted molar refractivity (Wildman–Crippen MR) is 64.8 cm³/mol. The van der Waals surface area contributed by atoms with E-state index in [9.17, 15) is 14.7 Å². The highest BCUT2D eigenvalue weighted by Gasteiger charge is 2.49. The van der Waals surface area contributed by atoms with Gasteiger partial charge in [0, 0.05) is 13.1 Å². The summed E-state index contributed by atoms with van der Waals surface area (Å²) in [6.45, 7) is 3.28. The molecule has 1 rings (SSSR count). The fourth-order valence-corrected chi connectivity index (χ4v) is 1.77.